The zero-order valence-corrected chi connectivity index (χ0v) is 17.9. The number of hydrogen-bond acceptors (Lipinski definition) is 6. The molecule has 1 fully saturated rings. The van der Waals surface area contributed by atoms with Crippen molar-refractivity contribution in [2.75, 3.05) is 24.5 Å². The molecule has 0 spiro atoms. The van der Waals surface area contributed by atoms with E-state index in [1.54, 1.807) is 13.0 Å². The zero-order chi connectivity index (χ0) is 22.3. The quantitative estimate of drug-likeness (QED) is 0.732. The summed E-state index contributed by atoms with van der Waals surface area (Å²) >= 11 is 0. The predicted molar refractivity (Wildman–Crippen MR) is 107 cm³/mol. The minimum absolute atomic E-state index is 0.0195. The van der Waals surface area contributed by atoms with Gasteiger partial charge < -0.3 is 14.4 Å². The lowest BCUT2D eigenvalue weighted by molar-refractivity contribution is -0.148. The Kier molecular flexibility index (Phi) is 5.61. The number of nitrogens with zero attached hydrogens (tertiary/aromatic N) is 7. The number of carbonyl (C=O) groups excluding carboxylic acids is 1. The Morgan fingerprint density at radius 1 is 1.06 bits per heavy atom. The third-order valence-electron chi connectivity index (χ3n) is 5.88. The van der Waals surface area contributed by atoms with Crippen molar-refractivity contribution >= 4 is 11.9 Å². The number of aromatic nitrogens is 5. The largest absolute Gasteiger partial charge is 0.451 e. The van der Waals surface area contributed by atoms with Crippen molar-refractivity contribution < 1.29 is 18.0 Å². The average Bonchev–Trinajstić information content (AvgIpc) is 3.19. The molecule has 0 aliphatic carbocycles. The monoisotopic (exact) mass is 437 g/mol. The number of anilines is 1. The Morgan fingerprint density at radius 3 is 2.42 bits per heavy atom. The van der Waals surface area contributed by atoms with Crippen LogP contribution in [-0.4, -0.2) is 55.2 Å². The van der Waals surface area contributed by atoms with E-state index in [0.717, 1.165) is 42.6 Å². The molecule has 1 saturated heterocycles. The third kappa shape index (κ3) is 4.09. The van der Waals surface area contributed by atoms with E-state index in [1.807, 2.05) is 13.8 Å². The molecule has 8 nitrogen and oxygen atoms in total. The van der Waals surface area contributed by atoms with E-state index in [1.165, 1.54) is 4.90 Å². The van der Waals surface area contributed by atoms with Crippen LogP contribution < -0.4 is 4.90 Å². The zero-order valence-electron chi connectivity index (χ0n) is 17.9. The first-order valence-corrected chi connectivity index (χ1v) is 10.6. The van der Waals surface area contributed by atoms with Gasteiger partial charge in [0.25, 0.3) is 5.91 Å². The minimum Gasteiger partial charge on any atom is -0.341 e. The summed E-state index contributed by atoms with van der Waals surface area (Å²) in [5.74, 6) is -0.590. The first-order valence-electron chi connectivity index (χ1n) is 10.6. The summed E-state index contributed by atoms with van der Waals surface area (Å²) in [6.45, 7) is 7.45. The third-order valence-corrected chi connectivity index (χ3v) is 5.88. The van der Waals surface area contributed by atoms with E-state index in [9.17, 15) is 18.0 Å². The first-order chi connectivity index (χ1) is 14.7. The van der Waals surface area contributed by atoms with Gasteiger partial charge in [-0.25, -0.2) is 9.97 Å². The van der Waals surface area contributed by atoms with Crippen molar-refractivity contribution in [3.05, 3.63) is 29.1 Å². The molecule has 2 aliphatic heterocycles. The highest BCUT2D eigenvalue weighted by atomic mass is 19.4. The van der Waals surface area contributed by atoms with Gasteiger partial charge in [0, 0.05) is 31.9 Å². The van der Waals surface area contributed by atoms with Gasteiger partial charge in [-0.3, -0.25) is 4.79 Å². The number of amides is 1. The molecule has 0 radical (unpaired) electrons. The molecule has 168 valence electrons. The summed E-state index contributed by atoms with van der Waals surface area (Å²) < 4.78 is 40.6. The second-order valence-corrected chi connectivity index (χ2v) is 8.39. The van der Waals surface area contributed by atoms with Crippen molar-refractivity contribution in [2.24, 2.45) is 0 Å². The minimum atomic E-state index is -4.58. The van der Waals surface area contributed by atoms with Gasteiger partial charge in [-0.2, -0.15) is 13.2 Å². The fourth-order valence-electron chi connectivity index (χ4n) is 4.11. The van der Waals surface area contributed by atoms with Crippen molar-refractivity contribution in [2.45, 2.75) is 64.7 Å². The van der Waals surface area contributed by atoms with Gasteiger partial charge in [0.15, 0.2) is 5.82 Å². The molecule has 1 unspecified atom stereocenters. The average molecular weight is 437 g/mol. The molecular formula is C20H26F3N7O. The van der Waals surface area contributed by atoms with E-state index in [2.05, 4.69) is 25.1 Å². The van der Waals surface area contributed by atoms with Gasteiger partial charge in [0.2, 0.25) is 11.8 Å². The van der Waals surface area contributed by atoms with Crippen LogP contribution in [0.5, 0.6) is 0 Å². The SMILES string of the molecule is CC(C)c1cc(C(=O)N2CCn3c(nnc3C(F)(F)F)C2C)nc(N2CCCCC2)n1. The standard InChI is InChI=1S/C20H26F3N7O/c1-12(2)14-11-15(25-19(24-14)28-7-5-4-6-8-28)17(31)29-9-10-30-16(13(29)3)26-27-18(30)20(21,22)23/h11-13H,4-10H2,1-3H3. The molecule has 0 aromatic carbocycles. The topological polar surface area (TPSA) is 80.0 Å². The van der Waals surface area contributed by atoms with E-state index in [-0.39, 0.29) is 36.4 Å². The number of halogens is 3. The Hall–Kier alpha value is -2.72. The van der Waals surface area contributed by atoms with Crippen LogP contribution in [0.2, 0.25) is 0 Å². The molecule has 0 bridgehead atoms. The Bertz CT molecular complexity index is 966. The maximum Gasteiger partial charge on any atom is 0.451 e. The molecule has 2 aromatic heterocycles. The predicted octanol–water partition coefficient (Wildman–Crippen LogP) is 3.42. The number of rotatable bonds is 3. The molecule has 4 heterocycles. The maximum absolute atomic E-state index is 13.4. The van der Waals surface area contributed by atoms with Gasteiger partial charge in [0.1, 0.15) is 5.69 Å². The molecule has 2 aromatic rings. The van der Waals surface area contributed by atoms with Gasteiger partial charge in [0.05, 0.1) is 6.04 Å². The van der Waals surface area contributed by atoms with Crippen LogP contribution in [0.4, 0.5) is 19.1 Å². The van der Waals surface area contributed by atoms with Crippen LogP contribution >= 0.6 is 0 Å². The molecule has 2 aliphatic rings. The molecule has 1 amide bonds. The van der Waals surface area contributed by atoms with E-state index < -0.39 is 18.0 Å². The fraction of sp³-hybridized carbons (Fsp3) is 0.650. The van der Waals surface area contributed by atoms with E-state index in [4.69, 9.17) is 0 Å². The highest BCUT2D eigenvalue weighted by molar-refractivity contribution is 5.93. The van der Waals surface area contributed by atoms with E-state index >= 15 is 0 Å². The molecule has 11 heteroatoms. The lowest BCUT2D eigenvalue weighted by Gasteiger charge is -2.34. The fourth-order valence-corrected chi connectivity index (χ4v) is 4.11. The normalized spacial score (nSPS) is 19.6. The second kappa shape index (κ2) is 8.08. The molecule has 4 rings (SSSR count). The Morgan fingerprint density at radius 2 is 1.77 bits per heavy atom. The molecule has 31 heavy (non-hydrogen) atoms. The van der Waals surface area contributed by atoms with Crippen LogP contribution in [0.1, 0.15) is 79.8 Å². The van der Waals surface area contributed by atoms with Gasteiger partial charge in [-0.1, -0.05) is 13.8 Å². The van der Waals surface area contributed by atoms with Crippen molar-refractivity contribution in [3.63, 3.8) is 0 Å². The van der Waals surface area contributed by atoms with Crippen LogP contribution in [0.15, 0.2) is 6.07 Å². The summed E-state index contributed by atoms with van der Waals surface area (Å²) in [6, 6.07) is 1.04. The summed E-state index contributed by atoms with van der Waals surface area (Å²) in [7, 11) is 0. The summed E-state index contributed by atoms with van der Waals surface area (Å²) in [4.78, 5) is 26.2. The van der Waals surface area contributed by atoms with Crippen LogP contribution in [-0.2, 0) is 12.7 Å². The van der Waals surface area contributed by atoms with Crippen molar-refractivity contribution in [3.8, 4) is 0 Å². The van der Waals surface area contributed by atoms with Crippen LogP contribution in [0.25, 0.3) is 0 Å². The molecule has 1 atom stereocenters. The molecular weight excluding hydrogens is 411 g/mol. The Balaban J connectivity index is 1.65. The smallest absolute Gasteiger partial charge is 0.341 e. The molecule has 0 saturated carbocycles. The lowest BCUT2D eigenvalue weighted by atomic mass is 10.1. The van der Waals surface area contributed by atoms with Gasteiger partial charge >= 0.3 is 6.18 Å². The number of alkyl halides is 3. The lowest BCUT2D eigenvalue weighted by Crippen LogP contribution is -2.42. The number of hydrogen-bond donors (Lipinski definition) is 0. The van der Waals surface area contributed by atoms with E-state index in [0.29, 0.717) is 5.95 Å². The Labute approximate surface area is 178 Å². The van der Waals surface area contributed by atoms with Gasteiger partial charge in [-0.05, 0) is 38.2 Å². The number of fused-ring (bicyclic) bond motifs is 1. The summed E-state index contributed by atoms with van der Waals surface area (Å²) in [6.07, 6.45) is -1.31. The maximum atomic E-state index is 13.4. The van der Waals surface area contributed by atoms with Crippen molar-refractivity contribution in [1.82, 2.24) is 29.6 Å². The van der Waals surface area contributed by atoms with Gasteiger partial charge in [-0.15, -0.1) is 10.2 Å². The highest BCUT2D eigenvalue weighted by Gasteiger charge is 2.42. The summed E-state index contributed by atoms with van der Waals surface area (Å²) in [5.41, 5.74) is 1.03. The number of carbonyl (C=O) groups is 1. The summed E-state index contributed by atoms with van der Waals surface area (Å²) in [5, 5.41) is 7.04. The highest BCUT2D eigenvalue weighted by Crippen LogP contribution is 2.33. The second-order valence-electron chi connectivity index (χ2n) is 8.39. The number of piperidine rings is 1. The first kappa shape index (κ1) is 21.5. The van der Waals surface area contributed by atoms with Crippen LogP contribution in [0, 0.1) is 0 Å². The van der Waals surface area contributed by atoms with Crippen LogP contribution in [0.3, 0.4) is 0 Å². The van der Waals surface area contributed by atoms with Crippen molar-refractivity contribution in [1.29, 1.82) is 0 Å². The molecule has 0 N–H and O–H groups in total.